The molecule has 0 saturated heterocycles. The Morgan fingerprint density at radius 1 is 0.966 bits per heavy atom. The Morgan fingerprint density at radius 3 is 1.86 bits per heavy atom. The lowest BCUT2D eigenvalue weighted by Crippen LogP contribution is -2.46. The summed E-state index contributed by atoms with van der Waals surface area (Å²) in [5.74, 6) is -1.91. The van der Waals surface area contributed by atoms with Crippen LogP contribution in [0.25, 0.3) is 0 Å². The lowest BCUT2D eigenvalue weighted by Gasteiger charge is -2.33. The Labute approximate surface area is 173 Å². The average molecular weight is 402 g/mol. The van der Waals surface area contributed by atoms with Crippen molar-refractivity contribution in [2.45, 2.75) is 39.9 Å². The molecular formula is C23H31NO5. The molecule has 0 fully saturated rings. The molecule has 1 heterocycles. The second kappa shape index (κ2) is 10.8. The molecular weight excluding hydrogens is 370 g/mol. The average Bonchev–Trinajstić information content (AvgIpc) is 3.13. The Kier molecular flexibility index (Phi) is 8.49. The van der Waals surface area contributed by atoms with Gasteiger partial charge in [-0.15, -0.1) is 0 Å². The number of hydroxylamine groups is 2. The zero-order valence-corrected chi connectivity index (χ0v) is 17.6. The van der Waals surface area contributed by atoms with Gasteiger partial charge in [0.1, 0.15) is 5.92 Å². The van der Waals surface area contributed by atoms with Crippen molar-refractivity contribution in [3.05, 3.63) is 60.2 Å². The van der Waals surface area contributed by atoms with Crippen LogP contribution >= 0.6 is 0 Å². The number of rotatable bonds is 8. The highest BCUT2D eigenvalue weighted by Crippen LogP contribution is 2.48. The van der Waals surface area contributed by atoms with Crippen molar-refractivity contribution in [1.29, 1.82) is 0 Å². The van der Waals surface area contributed by atoms with E-state index in [1.54, 1.807) is 12.1 Å². The number of ether oxygens (including phenoxy) is 2. The fraction of sp³-hybridized carbons (Fsp3) is 0.435. The minimum atomic E-state index is -1.31. The third-order valence-electron chi connectivity index (χ3n) is 4.73. The van der Waals surface area contributed by atoms with Gasteiger partial charge in [0, 0.05) is 18.7 Å². The number of carbonyl (C=O) groups is 1. The molecule has 2 aromatic carbocycles. The van der Waals surface area contributed by atoms with Crippen molar-refractivity contribution in [3.63, 3.8) is 0 Å². The molecule has 0 amide bonds. The number of benzene rings is 2. The van der Waals surface area contributed by atoms with Gasteiger partial charge in [0.05, 0.1) is 6.61 Å². The zero-order valence-electron chi connectivity index (χ0n) is 17.6. The Bertz CT molecular complexity index is 736. The molecule has 1 unspecified atom stereocenters. The van der Waals surface area contributed by atoms with Crippen LogP contribution in [-0.2, 0) is 15.4 Å². The van der Waals surface area contributed by atoms with Gasteiger partial charge >= 0.3 is 5.97 Å². The predicted molar refractivity (Wildman–Crippen MR) is 112 cm³/mol. The molecule has 6 heteroatoms. The van der Waals surface area contributed by atoms with Crippen molar-refractivity contribution >= 4 is 5.97 Å². The maximum atomic E-state index is 11.7. The number of hydrogen-bond acceptors (Lipinski definition) is 5. The van der Waals surface area contributed by atoms with E-state index in [1.807, 2.05) is 61.4 Å². The van der Waals surface area contributed by atoms with Gasteiger partial charge < -0.3 is 14.6 Å². The first-order valence-corrected chi connectivity index (χ1v) is 10.1. The smallest absolute Gasteiger partial charge is 0.314 e. The van der Waals surface area contributed by atoms with Crippen molar-refractivity contribution in [3.8, 4) is 11.5 Å². The van der Waals surface area contributed by atoms with E-state index in [9.17, 15) is 9.90 Å². The van der Waals surface area contributed by atoms with E-state index >= 15 is 0 Å². The summed E-state index contributed by atoms with van der Waals surface area (Å²) in [6.07, 6.45) is 0.401. The van der Waals surface area contributed by atoms with Gasteiger partial charge in [0.25, 0.3) is 5.79 Å². The van der Waals surface area contributed by atoms with E-state index < -0.39 is 17.7 Å². The molecule has 0 bridgehead atoms. The third kappa shape index (κ3) is 5.28. The molecule has 1 N–H and O–H groups in total. The number of nitrogens with zero attached hydrogens (tertiary/aromatic N) is 1. The first-order valence-electron chi connectivity index (χ1n) is 10.1. The lowest BCUT2D eigenvalue weighted by molar-refractivity contribution is -0.175. The number of aliphatic carboxylic acids is 1. The predicted octanol–water partition coefficient (Wildman–Crippen LogP) is 4.70. The van der Waals surface area contributed by atoms with Crippen LogP contribution in [0.4, 0.5) is 0 Å². The van der Waals surface area contributed by atoms with Crippen LogP contribution in [0, 0.1) is 5.92 Å². The van der Waals surface area contributed by atoms with E-state index in [2.05, 4.69) is 13.8 Å². The van der Waals surface area contributed by atoms with E-state index in [1.165, 1.54) is 0 Å². The van der Waals surface area contributed by atoms with Crippen LogP contribution in [-0.4, -0.2) is 35.8 Å². The molecule has 1 aliphatic heterocycles. The van der Waals surface area contributed by atoms with E-state index in [-0.39, 0.29) is 0 Å². The van der Waals surface area contributed by atoms with Crippen LogP contribution in [0.3, 0.4) is 0 Å². The van der Waals surface area contributed by atoms with Gasteiger partial charge in [-0.05, 0) is 25.5 Å². The number of hydrogen-bond donors (Lipinski definition) is 1. The number of para-hydroxylation sites is 2. The topological polar surface area (TPSA) is 68.2 Å². The van der Waals surface area contributed by atoms with Crippen molar-refractivity contribution in [1.82, 2.24) is 5.06 Å². The van der Waals surface area contributed by atoms with E-state index in [0.717, 1.165) is 19.7 Å². The van der Waals surface area contributed by atoms with Crippen molar-refractivity contribution in [2.24, 2.45) is 5.92 Å². The molecule has 1 atom stereocenters. The quantitative estimate of drug-likeness (QED) is 0.647. The summed E-state index contributed by atoms with van der Waals surface area (Å²) in [6.45, 7) is 10.7. The molecule has 0 aromatic heterocycles. The molecule has 0 radical (unpaired) electrons. The number of carboxylic acid groups (broad SMARTS) is 1. The monoisotopic (exact) mass is 401 g/mol. The van der Waals surface area contributed by atoms with Gasteiger partial charge in [-0.2, -0.15) is 5.06 Å². The van der Waals surface area contributed by atoms with Gasteiger partial charge in [0.2, 0.25) is 0 Å². The number of fused-ring (bicyclic) bond motifs is 1. The molecule has 3 rings (SSSR count). The SMILES string of the molecule is CCC(C(=O)O)C1(c2ccccc2)Oc2ccccc2O1.CCON(CC)CC. The zero-order chi connectivity index (χ0) is 21.3. The molecule has 0 saturated carbocycles. The minimum absolute atomic E-state index is 0.401. The molecule has 1 aliphatic rings. The fourth-order valence-corrected chi connectivity index (χ4v) is 3.29. The molecule has 2 aromatic rings. The fourth-order valence-electron chi connectivity index (χ4n) is 3.29. The summed E-state index contributed by atoms with van der Waals surface area (Å²) in [6, 6.07) is 16.5. The maximum absolute atomic E-state index is 11.7. The van der Waals surface area contributed by atoms with Gasteiger partial charge in [-0.25, -0.2) is 0 Å². The summed E-state index contributed by atoms with van der Waals surface area (Å²) < 4.78 is 12.0. The summed E-state index contributed by atoms with van der Waals surface area (Å²) in [4.78, 5) is 16.9. The third-order valence-corrected chi connectivity index (χ3v) is 4.73. The molecule has 29 heavy (non-hydrogen) atoms. The van der Waals surface area contributed by atoms with Crippen LogP contribution < -0.4 is 9.47 Å². The standard InChI is InChI=1S/C17H16O4.C6H15NO/c1-2-13(16(18)19)17(12-8-4-3-5-9-12)20-14-10-6-7-11-15(14)21-17;1-4-7(5-2)8-6-3/h3-11,13H,2H2,1H3,(H,18,19);4-6H2,1-3H3. The molecule has 158 valence electrons. The van der Waals surface area contributed by atoms with Gasteiger partial charge in [-0.1, -0.05) is 63.2 Å². The van der Waals surface area contributed by atoms with Gasteiger partial charge in [-0.3, -0.25) is 9.63 Å². The first-order chi connectivity index (χ1) is 14.0. The van der Waals surface area contributed by atoms with E-state index in [4.69, 9.17) is 14.3 Å². The van der Waals surface area contributed by atoms with Crippen molar-refractivity contribution < 1.29 is 24.2 Å². The summed E-state index contributed by atoms with van der Waals surface area (Å²) in [5.41, 5.74) is 0.704. The Morgan fingerprint density at radius 2 is 1.48 bits per heavy atom. The highest BCUT2D eigenvalue weighted by atomic mass is 16.7. The molecule has 6 nitrogen and oxygen atoms in total. The Hall–Kier alpha value is -2.57. The number of carboxylic acids is 1. The molecule has 0 spiro atoms. The van der Waals surface area contributed by atoms with Crippen LogP contribution in [0.5, 0.6) is 11.5 Å². The van der Waals surface area contributed by atoms with E-state index in [0.29, 0.717) is 23.5 Å². The van der Waals surface area contributed by atoms with Crippen molar-refractivity contribution in [2.75, 3.05) is 19.7 Å². The summed E-state index contributed by atoms with van der Waals surface area (Å²) in [7, 11) is 0. The highest BCUT2D eigenvalue weighted by molar-refractivity contribution is 5.72. The maximum Gasteiger partial charge on any atom is 0.314 e. The Balaban J connectivity index is 0.000000321. The van der Waals surface area contributed by atoms with Crippen LogP contribution in [0.15, 0.2) is 54.6 Å². The van der Waals surface area contributed by atoms with Crippen LogP contribution in [0.1, 0.15) is 39.7 Å². The summed E-state index contributed by atoms with van der Waals surface area (Å²) in [5, 5.41) is 11.5. The second-order valence-corrected chi connectivity index (χ2v) is 6.52. The largest absolute Gasteiger partial charge is 0.481 e. The van der Waals surface area contributed by atoms with Crippen LogP contribution in [0.2, 0.25) is 0 Å². The van der Waals surface area contributed by atoms with Gasteiger partial charge in [0.15, 0.2) is 11.5 Å². The lowest BCUT2D eigenvalue weighted by atomic mass is 9.89. The normalized spacial score (nSPS) is 14.8. The first kappa shape index (κ1) is 22.7. The second-order valence-electron chi connectivity index (χ2n) is 6.52. The summed E-state index contributed by atoms with van der Waals surface area (Å²) >= 11 is 0. The minimum Gasteiger partial charge on any atom is -0.481 e. The molecule has 0 aliphatic carbocycles. The highest BCUT2D eigenvalue weighted by Gasteiger charge is 2.52.